The number of hydrogen-bond donors (Lipinski definition) is 3. The Bertz CT molecular complexity index is 1110. The van der Waals surface area contributed by atoms with Gasteiger partial charge in [0, 0.05) is 25.0 Å². The van der Waals surface area contributed by atoms with Crippen molar-refractivity contribution in [2.45, 2.75) is 142 Å². The van der Waals surface area contributed by atoms with Gasteiger partial charge in [0.1, 0.15) is 12.8 Å². The van der Waals surface area contributed by atoms with Gasteiger partial charge >= 0.3 is 0 Å². The van der Waals surface area contributed by atoms with Crippen LogP contribution < -0.4 is 0 Å². The van der Waals surface area contributed by atoms with Crippen LogP contribution in [0.4, 0.5) is 4.39 Å². The summed E-state index contributed by atoms with van der Waals surface area (Å²) in [5.41, 5.74) is -0.971. The van der Waals surface area contributed by atoms with E-state index in [4.69, 9.17) is 14.2 Å². The Kier molecular flexibility index (Phi) is 7.56. The van der Waals surface area contributed by atoms with Gasteiger partial charge in [-0.1, -0.05) is 34.6 Å². The zero-order chi connectivity index (χ0) is 31.7. The normalized spacial score (nSPS) is 53.9. The SMILES string of the molecule is C[C@@H]1CC([C@H](O)C(C)(C)O)OC2[C@H]1[C@@]1(C)CC[C@@]34C[C@@]35CCC(O[C@H]3CN(CCF)CCO3)C(C)(C)[C@@H]5CCC4[C@]1(C)[C@H]2O. The molecule has 44 heavy (non-hydrogen) atoms. The summed E-state index contributed by atoms with van der Waals surface area (Å²) in [6.07, 6.45) is 6.27. The fraction of sp³-hybridized carbons (Fsp3) is 1.00. The molecule has 3 N–H and O–H groups in total. The Morgan fingerprint density at radius 3 is 2.45 bits per heavy atom. The first-order chi connectivity index (χ1) is 20.6. The number of hydrogen-bond acceptors (Lipinski definition) is 7. The average Bonchev–Trinajstić information content (AvgIpc) is 3.59. The van der Waals surface area contributed by atoms with Crippen molar-refractivity contribution in [2.24, 2.45) is 50.7 Å². The van der Waals surface area contributed by atoms with Crippen molar-refractivity contribution in [3.05, 3.63) is 0 Å². The van der Waals surface area contributed by atoms with Gasteiger partial charge < -0.3 is 29.5 Å². The fourth-order valence-corrected chi connectivity index (χ4v) is 13.5. The molecule has 2 saturated heterocycles. The molecule has 7 nitrogen and oxygen atoms in total. The van der Waals surface area contributed by atoms with Crippen LogP contribution in [0.5, 0.6) is 0 Å². The quantitative estimate of drug-likeness (QED) is 0.387. The fourth-order valence-electron chi connectivity index (χ4n) is 13.5. The van der Waals surface area contributed by atoms with Gasteiger partial charge in [-0.15, -0.1) is 0 Å². The van der Waals surface area contributed by atoms with Crippen LogP contribution in [0.1, 0.15) is 99.8 Å². The number of rotatable bonds is 6. The van der Waals surface area contributed by atoms with Crippen LogP contribution in [-0.2, 0) is 14.2 Å². The highest BCUT2D eigenvalue weighted by atomic mass is 19.1. The number of aliphatic hydroxyl groups excluding tert-OH is 2. The number of aliphatic hydroxyl groups is 3. The van der Waals surface area contributed by atoms with Crippen molar-refractivity contribution in [2.75, 3.05) is 32.9 Å². The molecule has 0 bridgehead atoms. The van der Waals surface area contributed by atoms with Crippen LogP contribution in [0.25, 0.3) is 0 Å². The number of nitrogens with zero attached hydrogens (tertiary/aromatic N) is 1. The molecular formula is C36H60FNO6. The van der Waals surface area contributed by atoms with Crippen molar-refractivity contribution < 1.29 is 33.9 Å². The van der Waals surface area contributed by atoms with Gasteiger partial charge in [-0.05, 0) is 111 Å². The van der Waals surface area contributed by atoms with E-state index in [1.165, 1.54) is 19.3 Å². The Hall–Kier alpha value is -0.350. The molecule has 0 aromatic carbocycles. The third-order valence-electron chi connectivity index (χ3n) is 15.7. The molecule has 7 aliphatic rings. The largest absolute Gasteiger partial charge is 0.390 e. The Morgan fingerprint density at radius 2 is 1.75 bits per heavy atom. The second-order valence-electron chi connectivity index (χ2n) is 18.1. The molecule has 2 aliphatic heterocycles. The first kappa shape index (κ1) is 32.2. The summed E-state index contributed by atoms with van der Waals surface area (Å²) in [4.78, 5) is 2.12. The second kappa shape index (κ2) is 10.3. The molecule has 0 aromatic heterocycles. The molecule has 0 amide bonds. The lowest BCUT2D eigenvalue weighted by Crippen LogP contribution is -2.60. The molecule has 2 heterocycles. The van der Waals surface area contributed by atoms with Crippen LogP contribution in [0.3, 0.4) is 0 Å². The maximum atomic E-state index is 13.0. The summed E-state index contributed by atoms with van der Waals surface area (Å²) in [6, 6.07) is 0. The zero-order valence-corrected chi connectivity index (χ0v) is 28.4. The topological polar surface area (TPSA) is 91.6 Å². The number of halogens is 1. The predicted octanol–water partition coefficient (Wildman–Crippen LogP) is 4.94. The van der Waals surface area contributed by atoms with E-state index in [2.05, 4.69) is 39.5 Å². The molecule has 0 radical (unpaired) electrons. The molecule has 7 fully saturated rings. The van der Waals surface area contributed by atoms with Gasteiger partial charge in [0.2, 0.25) is 0 Å². The number of fused-ring (bicyclic) bond motifs is 4. The van der Waals surface area contributed by atoms with Crippen molar-refractivity contribution in [3.63, 3.8) is 0 Å². The van der Waals surface area contributed by atoms with E-state index < -0.39 is 23.9 Å². The van der Waals surface area contributed by atoms with Crippen molar-refractivity contribution >= 4 is 0 Å². The number of morpholine rings is 1. The zero-order valence-electron chi connectivity index (χ0n) is 28.4. The maximum Gasteiger partial charge on any atom is 0.170 e. The second-order valence-corrected chi connectivity index (χ2v) is 18.1. The summed E-state index contributed by atoms with van der Waals surface area (Å²) in [7, 11) is 0. The van der Waals surface area contributed by atoms with Gasteiger partial charge in [0.05, 0.1) is 36.6 Å². The third kappa shape index (κ3) is 4.16. The molecule has 4 unspecified atom stereocenters. The molecule has 0 aromatic rings. The van der Waals surface area contributed by atoms with Crippen LogP contribution in [0.2, 0.25) is 0 Å². The lowest BCUT2D eigenvalue weighted by Gasteiger charge is -2.64. The van der Waals surface area contributed by atoms with Gasteiger partial charge in [0.25, 0.3) is 0 Å². The van der Waals surface area contributed by atoms with Crippen LogP contribution in [0, 0.1) is 50.7 Å². The minimum Gasteiger partial charge on any atom is -0.390 e. The van der Waals surface area contributed by atoms with Crippen LogP contribution in [0.15, 0.2) is 0 Å². The van der Waals surface area contributed by atoms with Gasteiger partial charge in [-0.3, -0.25) is 4.90 Å². The van der Waals surface area contributed by atoms with Crippen molar-refractivity contribution in [3.8, 4) is 0 Å². The molecule has 252 valence electrons. The minimum absolute atomic E-state index is 0.0143. The van der Waals surface area contributed by atoms with E-state index in [9.17, 15) is 19.7 Å². The molecule has 14 atom stereocenters. The highest BCUT2D eigenvalue weighted by Crippen LogP contribution is 2.89. The summed E-state index contributed by atoms with van der Waals surface area (Å²) < 4.78 is 32.5. The van der Waals surface area contributed by atoms with Crippen molar-refractivity contribution in [1.82, 2.24) is 4.90 Å². The lowest BCUT2D eigenvalue weighted by atomic mass is 9.41. The number of alkyl halides is 1. The van der Waals surface area contributed by atoms with Gasteiger partial charge in [0.15, 0.2) is 6.29 Å². The monoisotopic (exact) mass is 621 g/mol. The molecular weight excluding hydrogens is 561 g/mol. The van der Waals surface area contributed by atoms with E-state index >= 15 is 0 Å². The summed E-state index contributed by atoms with van der Waals surface area (Å²) in [6.45, 7) is 17.4. The molecule has 5 saturated carbocycles. The van der Waals surface area contributed by atoms with E-state index in [1.807, 2.05) is 0 Å². The average molecular weight is 622 g/mol. The standard InChI is InChI=1S/C36H60FNO6/c1-21-18-22(29(39)32(4,5)41)43-28-27(21)33(6)12-13-36-20-35(36)11-10-25(44-26-19-38(15-14-37)16-17-42-26)31(2,3)23(35)8-9-24(36)34(33,7)30(28)40/h21-30,39-41H,8-20H2,1-7H3/t21-,22?,23+,24?,25?,26+,27+,28?,29+,30+,33-,34-,35-,36+/m1/s1. The van der Waals surface area contributed by atoms with E-state index in [-0.39, 0.29) is 52.8 Å². The molecule has 7 rings (SSSR count). The minimum atomic E-state index is -1.25. The van der Waals surface area contributed by atoms with E-state index in [0.29, 0.717) is 49.3 Å². The highest BCUT2D eigenvalue weighted by Gasteiger charge is 2.84. The van der Waals surface area contributed by atoms with Crippen molar-refractivity contribution in [1.29, 1.82) is 0 Å². The van der Waals surface area contributed by atoms with E-state index in [1.54, 1.807) is 13.8 Å². The summed E-state index contributed by atoms with van der Waals surface area (Å²) >= 11 is 0. The van der Waals surface area contributed by atoms with Crippen LogP contribution in [-0.4, -0.2) is 95.5 Å². The first-order valence-electron chi connectivity index (χ1n) is 17.9. The van der Waals surface area contributed by atoms with Gasteiger partial charge in [-0.25, -0.2) is 4.39 Å². The maximum absolute atomic E-state index is 13.0. The van der Waals surface area contributed by atoms with Gasteiger partial charge in [-0.2, -0.15) is 0 Å². The Morgan fingerprint density at radius 1 is 1.05 bits per heavy atom. The smallest absolute Gasteiger partial charge is 0.170 e. The summed E-state index contributed by atoms with van der Waals surface area (Å²) in [5.74, 6) is 1.56. The first-order valence-corrected chi connectivity index (χ1v) is 17.9. The molecule has 5 aliphatic carbocycles. The number of ether oxygens (including phenoxy) is 3. The van der Waals surface area contributed by atoms with Crippen LogP contribution >= 0.6 is 0 Å². The van der Waals surface area contributed by atoms with E-state index in [0.717, 1.165) is 32.2 Å². The Balaban J connectivity index is 1.13. The summed E-state index contributed by atoms with van der Waals surface area (Å²) in [5, 5.41) is 34.0. The third-order valence-corrected chi connectivity index (χ3v) is 15.7. The highest BCUT2D eigenvalue weighted by molar-refractivity contribution is 5.33. The predicted molar refractivity (Wildman–Crippen MR) is 165 cm³/mol. The Labute approximate surface area is 264 Å². The lowest BCUT2D eigenvalue weighted by molar-refractivity contribution is -0.249. The molecule has 8 heteroatoms. The molecule has 2 spiro atoms.